The number of ether oxygens (including phenoxy) is 2. The Morgan fingerprint density at radius 3 is 2.89 bits per heavy atom. The first kappa shape index (κ1) is 14.4. The third-order valence-electron chi connectivity index (χ3n) is 2.70. The highest BCUT2D eigenvalue weighted by molar-refractivity contribution is 14.1. The zero-order chi connectivity index (χ0) is 14.0. The van der Waals surface area contributed by atoms with E-state index in [2.05, 4.69) is 27.9 Å². The molecule has 0 saturated carbocycles. The number of carbonyl (C=O) groups is 1. The minimum absolute atomic E-state index is 0.0479. The molecule has 1 atom stereocenters. The molecule has 19 heavy (non-hydrogen) atoms. The van der Waals surface area contributed by atoms with Crippen LogP contribution in [0.2, 0.25) is 0 Å². The fourth-order valence-corrected chi connectivity index (χ4v) is 2.48. The van der Waals surface area contributed by atoms with Crippen molar-refractivity contribution in [3.8, 4) is 5.75 Å². The van der Waals surface area contributed by atoms with Crippen LogP contribution >= 0.6 is 22.6 Å². The van der Waals surface area contributed by atoms with Crippen molar-refractivity contribution in [3.05, 3.63) is 27.3 Å². The molecule has 0 bridgehead atoms. The predicted molar refractivity (Wildman–Crippen MR) is 81.4 cm³/mol. The Labute approximate surface area is 127 Å². The van der Waals surface area contributed by atoms with Gasteiger partial charge >= 0.3 is 6.09 Å². The molecule has 0 aromatic heterocycles. The van der Waals surface area contributed by atoms with Gasteiger partial charge in [0, 0.05) is 15.6 Å². The number of hydrogen-bond donors (Lipinski definition) is 1. The first-order chi connectivity index (χ1) is 8.85. The van der Waals surface area contributed by atoms with E-state index in [-0.39, 0.29) is 12.1 Å². The molecule has 1 N–H and O–H groups in total. The van der Waals surface area contributed by atoms with E-state index in [1.165, 1.54) is 0 Å². The molecule has 5 heteroatoms. The molecule has 1 heterocycles. The van der Waals surface area contributed by atoms with Gasteiger partial charge in [0.15, 0.2) is 0 Å². The van der Waals surface area contributed by atoms with E-state index in [9.17, 15) is 4.79 Å². The van der Waals surface area contributed by atoms with Gasteiger partial charge in [-0.3, -0.25) is 0 Å². The quantitative estimate of drug-likeness (QED) is 0.763. The van der Waals surface area contributed by atoms with E-state index in [4.69, 9.17) is 9.47 Å². The van der Waals surface area contributed by atoms with Crippen molar-refractivity contribution < 1.29 is 14.3 Å². The second kappa shape index (κ2) is 5.56. The number of nitrogens with one attached hydrogen (secondary N) is 1. The topological polar surface area (TPSA) is 47.6 Å². The predicted octanol–water partition coefficient (Wildman–Crippen LogP) is 3.64. The molecule has 104 valence electrons. The second-order valence-electron chi connectivity index (χ2n) is 5.52. The minimum atomic E-state index is -0.483. The number of benzene rings is 1. The molecule has 2 rings (SSSR count). The smallest absolute Gasteiger partial charge is 0.408 e. The summed E-state index contributed by atoms with van der Waals surface area (Å²) in [7, 11) is 0. The second-order valence-corrected chi connectivity index (χ2v) is 6.76. The molecule has 0 aliphatic carbocycles. The molecule has 1 aromatic carbocycles. The van der Waals surface area contributed by atoms with Crippen molar-refractivity contribution in [2.24, 2.45) is 0 Å². The van der Waals surface area contributed by atoms with Gasteiger partial charge in [-0.1, -0.05) is 0 Å². The van der Waals surface area contributed by atoms with Crippen molar-refractivity contribution in [1.82, 2.24) is 5.32 Å². The van der Waals surface area contributed by atoms with E-state index in [1.807, 2.05) is 39.0 Å². The standard InChI is InChI=1S/C14H18INO3/c1-14(2,3)19-13(17)16-11-6-7-18-12-5-4-9(15)8-10(11)12/h4-5,8,11H,6-7H2,1-3H3,(H,16,17). The first-order valence-corrected chi connectivity index (χ1v) is 7.35. The summed E-state index contributed by atoms with van der Waals surface area (Å²) in [6.07, 6.45) is 0.371. The normalized spacial score (nSPS) is 18.2. The molecule has 1 unspecified atom stereocenters. The van der Waals surface area contributed by atoms with Crippen molar-refractivity contribution in [1.29, 1.82) is 0 Å². The van der Waals surface area contributed by atoms with Crippen LogP contribution in [0.3, 0.4) is 0 Å². The summed E-state index contributed by atoms with van der Waals surface area (Å²) in [5.74, 6) is 0.840. The molecular weight excluding hydrogens is 357 g/mol. The summed E-state index contributed by atoms with van der Waals surface area (Å²) < 4.78 is 12.0. The van der Waals surface area contributed by atoms with Gasteiger partial charge in [-0.2, -0.15) is 0 Å². The summed E-state index contributed by atoms with van der Waals surface area (Å²) >= 11 is 2.25. The maximum Gasteiger partial charge on any atom is 0.408 e. The summed E-state index contributed by atoms with van der Waals surface area (Å²) in [5.41, 5.74) is 0.535. The summed E-state index contributed by atoms with van der Waals surface area (Å²) in [5, 5.41) is 2.91. The monoisotopic (exact) mass is 375 g/mol. The number of carbonyl (C=O) groups excluding carboxylic acids is 1. The average molecular weight is 375 g/mol. The van der Waals surface area contributed by atoms with Crippen molar-refractivity contribution in [3.63, 3.8) is 0 Å². The molecule has 1 aliphatic heterocycles. The fourth-order valence-electron chi connectivity index (χ4n) is 1.97. The maximum absolute atomic E-state index is 11.8. The van der Waals surface area contributed by atoms with E-state index >= 15 is 0 Å². The Morgan fingerprint density at radius 2 is 2.21 bits per heavy atom. The summed E-state index contributed by atoms with van der Waals surface area (Å²) in [6, 6.07) is 5.93. The van der Waals surface area contributed by atoms with Crippen LogP contribution < -0.4 is 10.1 Å². The lowest BCUT2D eigenvalue weighted by Gasteiger charge is -2.28. The van der Waals surface area contributed by atoms with Crippen LogP contribution in [-0.2, 0) is 4.74 Å². The molecule has 0 spiro atoms. The van der Waals surface area contributed by atoms with Gasteiger partial charge in [0.05, 0.1) is 12.6 Å². The van der Waals surface area contributed by atoms with Gasteiger partial charge in [0.1, 0.15) is 11.4 Å². The molecule has 1 aromatic rings. The zero-order valence-electron chi connectivity index (χ0n) is 11.3. The lowest BCUT2D eigenvalue weighted by molar-refractivity contribution is 0.0491. The van der Waals surface area contributed by atoms with Gasteiger partial charge in [-0.05, 0) is 61.6 Å². The largest absolute Gasteiger partial charge is 0.493 e. The van der Waals surface area contributed by atoms with Gasteiger partial charge in [-0.25, -0.2) is 4.79 Å². The van der Waals surface area contributed by atoms with E-state index in [1.54, 1.807) is 0 Å². The number of alkyl carbamates (subject to hydrolysis) is 1. The molecule has 1 aliphatic rings. The van der Waals surface area contributed by atoms with E-state index in [0.29, 0.717) is 6.61 Å². The molecule has 1 amide bonds. The highest BCUT2D eigenvalue weighted by Gasteiger charge is 2.25. The third kappa shape index (κ3) is 3.99. The van der Waals surface area contributed by atoms with Crippen LogP contribution in [0.5, 0.6) is 5.75 Å². The van der Waals surface area contributed by atoms with Gasteiger partial charge in [0.2, 0.25) is 0 Å². The van der Waals surface area contributed by atoms with Crippen LogP contribution in [0.15, 0.2) is 18.2 Å². The van der Waals surface area contributed by atoms with Crippen molar-refractivity contribution in [2.75, 3.05) is 6.61 Å². The number of rotatable bonds is 1. The van der Waals surface area contributed by atoms with Gasteiger partial charge in [0.25, 0.3) is 0 Å². The fraction of sp³-hybridized carbons (Fsp3) is 0.500. The Bertz CT molecular complexity index is 482. The lowest BCUT2D eigenvalue weighted by Crippen LogP contribution is -2.36. The van der Waals surface area contributed by atoms with Crippen LogP contribution in [0.4, 0.5) is 4.79 Å². The third-order valence-corrected chi connectivity index (χ3v) is 3.37. The zero-order valence-corrected chi connectivity index (χ0v) is 13.5. The van der Waals surface area contributed by atoms with Gasteiger partial charge in [-0.15, -0.1) is 0 Å². The summed E-state index contributed by atoms with van der Waals surface area (Å²) in [6.45, 7) is 6.17. The minimum Gasteiger partial charge on any atom is -0.493 e. The Kier molecular flexibility index (Phi) is 4.23. The number of hydrogen-bond acceptors (Lipinski definition) is 3. The first-order valence-electron chi connectivity index (χ1n) is 6.27. The average Bonchev–Trinajstić information content (AvgIpc) is 2.27. The number of fused-ring (bicyclic) bond motifs is 1. The van der Waals surface area contributed by atoms with E-state index < -0.39 is 5.60 Å². The molecule has 0 saturated heterocycles. The van der Waals surface area contributed by atoms with Crippen molar-refractivity contribution in [2.45, 2.75) is 38.8 Å². The lowest BCUT2D eigenvalue weighted by atomic mass is 10.0. The highest BCUT2D eigenvalue weighted by Crippen LogP contribution is 2.33. The van der Waals surface area contributed by atoms with Gasteiger partial charge < -0.3 is 14.8 Å². The molecule has 0 fully saturated rings. The Hall–Kier alpha value is -0.980. The van der Waals surface area contributed by atoms with E-state index in [0.717, 1.165) is 21.3 Å². The van der Waals surface area contributed by atoms with Crippen LogP contribution in [-0.4, -0.2) is 18.3 Å². The molecular formula is C14H18INO3. The molecule has 4 nitrogen and oxygen atoms in total. The highest BCUT2D eigenvalue weighted by atomic mass is 127. The van der Waals surface area contributed by atoms with Crippen molar-refractivity contribution >= 4 is 28.7 Å². The Morgan fingerprint density at radius 1 is 1.47 bits per heavy atom. The number of amides is 1. The summed E-state index contributed by atoms with van der Waals surface area (Å²) in [4.78, 5) is 11.8. The van der Waals surface area contributed by atoms with Crippen LogP contribution in [0.25, 0.3) is 0 Å². The van der Waals surface area contributed by atoms with Crippen LogP contribution in [0, 0.1) is 3.57 Å². The maximum atomic E-state index is 11.8. The van der Waals surface area contributed by atoms with Crippen LogP contribution in [0.1, 0.15) is 38.8 Å². The SMILES string of the molecule is CC(C)(C)OC(=O)NC1CCOc2ccc(I)cc21. The number of halogens is 1. The Balaban J connectivity index is 2.11. The molecule has 0 radical (unpaired) electrons.